The first-order valence-electron chi connectivity index (χ1n) is 13.0. The molecule has 0 N–H and O–H groups in total. The van der Waals surface area contributed by atoms with Crippen molar-refractivity contribution in [2.75, 3.05) is 5.90 Å². The Balaban J connectivity index is 1.49. The molecule has 0 amide bonds. The summed E-state index contributed by atoms with van der Waals surface area (Å²) in [5.74, 6) is 1.82. The highest BCUT2D eigenvalue weighted by atomic mass is 31.2. The van der Waals surface area contributed by atoms with Crippen LogP contribution in [0.1, 0.15) is 128 Å². The number of rotatable bonds is 6. The van der Waals surface area contributed by atoms with Crippen molar-refractivity contribution >= 4 is 15.8 Å². The van der Waals surface area contributed by atoms with Crippen molar-refractivity contribution in [2.24, 2.45) is 0 Å². The molecule has 4 fully saturated rings. The average Bonchev–Trinajstić information content (AvgIpc) is 2.77. The van der Waals surface area contributed by atoms with Crippen LogP contribution in [0.5, 0.6) is 0 Å². The lowest BCUT2D eigenvalue weighted by Gasteiger charge is -2.41. The maximum Gasteiger partial charge on any atom is 0.0765 e. The van der Waals surface area contributed by atoms with E-state index in [0.717, 1.165) is 0 Å². The highest BCUT2D eigenvalue weighted by molar-refractivity contribution is 7.76. The maximum absolute atomic E-state index is 1.82. The predicted molar refractivity (Wildman–Crippen MR) is 128 cm³/mol. The Kier molecular flexibility index (Phi) is 8.84. The summed E-state index contributed by atoms with van der Waals surface area (Å²) in [6.07, 6.45) is 31.9. The van der Waals surface area contributed by atoms with Gasteiger partial charge in [0.15, 0.2) is 0 Å². The molecule has 4 rings (SSSR count). The lowest BCUT2D eigenvalue weighted by Crippen LogP contribution is -2.26. The van der Waals surface area contributed by atoms with E-state index < -0.39 is 0 Å². The largest absolute Gasteiger partial charge is 0.0765 e. The summed E-state index contributed by atoms with van der Waals surface area (Å²) < 4.78 is 0. The van der Waals surface area contributed by atoms with Gasteiger partial charge in [-0.15, -0.1) is 0 Å². The second-order valence-corrected chi connectivity index (χ2v) is 17.0. The third-order valence-corrected chi connectivity index (χ3v) is 17.8. The van der Waals surface area contributed by atoms with Gasteiger partial charge in [-0.3, -0.25) is 0 Å². The second-order valence-electron chi connectivity index (χ2n) is 10.5. The monoisotopic (exact) mass is 409 g/mol. The highest BCUT2D eigenvalue weighted by Crippen LogP contribution is 2.67. The van der Waals surface area contributed by atoms with Crippen LogP contribution in [-0.4, -0.2) is 28.5 Å². The summed E-state index contributed by atoms with van der Waals surface area (Å²) in [6, 6.07) is 0. The van der Waals surface area contributed by atoms with E-state index in [9.17, 15) is 0 Å². The molecule has 156 valence electrons. The van der Waals surface area contributed by atoms with Crippen LogP contribution in [-0.2, 0) is 0 Å². The van der Waals surface area contributed by atoms with Crippen LogP contribution in [0.2, 0.25) is 0 Å². The molecule has 0 heterocycles. The fraction of sp³-hybridized carbons (Fsp3) is 1.00. The van der Waals surface area contributed by atoms with E-state index in [4.69, 9.17) is 0 Å². The van der Waals surface area contributed by atoms with Crippen LogP contribution in [0.3, 0.4) is 0 Å². The van der Waals surface area contributed by atoms with E-state index in [-0.39, 0.29) is 7.92 Å². The van der Waals surface area contributed by atoms with Crippen molar-refractivity contribution in [1.82, 2.24) is 0 Å². The molecule has 4 saturated carbocycles. The molecular weight excluding hydrogens is 362 g/mol. The topological polar surface area (TPSA) is 0 Å². The molecule has 4 aliphatic rings. The molecule has 4 aliphatic carbocycles. The Bertz CT molecular complexity index is 325. The van der Waals surface area contributed by atoms with Gasteiger partial charge >= 0.3 is 0 Å². The molecule has 2 heteroatoms. The van der Waals surface area contributed by atoms with E-state index >= 15 is 0 Å². The first kappa shape index (κ1) is 21.1. The van der Waals surface area contributed by atoms with Crippen molar-refractivity contribution in [3.63, 3.8) is 0 Å². The standard InChI is InChI=1S/C25H46P2/c1-5-13-22(14-6-1)26(23-15-7-2-8-16-23)21-27(24-17-9-3-10-18-24)25-19-11-4-12-20-25/h22-25H,1-21H2/p+1. The molecule has 0 spiro atoms. The number of hydrogen-bond acceptors (Lipinski definition) is 0. The minimum atomic E-state index is -0.112. The lowest BCUT2D eigenvalue weighted by atomic mass is 9.99. The highest BCUT2D eigenvalue weighted by Gasteiger charge is 2.42. The Morgan fingerprint density at radius 2 is 0.778 bits per heavy atom. The molecule has 0 unspecified atom stereocenters. The van der Waals surface area contributed by atoms with Gasteiger partial charge in [-0.1, -0.05) is 59.3 Å². The molecule has 0 aromatic heterocycles. The molecule has 0 aromatic carbocycles. The van der Waals surface area contributed by atoms with Gasteiger partial charge in [-0.2, -0.15) is 0 Å². The second kappa shape index (κ2) is 11.3. The summed E-state index contributed by atoms with van der Waals surface area (Å²) in [5, 5.41) is 0. The Hall–Kier alpha value is 0.860. The zero-order chi connectivity index (χ0) is 18.3. The van der Waals surface area contributed by atoms with E-state index in [1.807, 2.05) is 5.90 Å². The lowest BCUT2D eigenvalue weighted by molar-refractivity contribution is 0.481. The van der Waals surface area contributed by atoms with E-state index in [1.54, 1.807) is 128 Å². The van der Waals surface area contributed by atoms with Gasteiger partial charge in [0.2, 0.25) is 0 Å². The van der Waals surface area contributed by atoms with Gasteiger partial charge in [0.1, 0.15) is 0 Å². The van der Waals surface area contributed by atoms with Crippen LogP contribution in [0.4, 0.5) is 0 Å². The zero-order valence-corrected chi connectivity index (χ0v) is 20.0. The van der Waals surface area contributed by atoms with Gasteiger partial charge in [0, 0.05) is 7.92 Å². The normalized spacial score (nSPS) is 28.2. The molecule has 0 aromatic rings. The predicted octanol–water partition coefficient (Wildman–Crippen LogP) is 8.97. The van der Waals surface area contributed by atoms with Gasteiger partial charge in [-0.25, -0.2) is 0 Å². The minimum Gasteiger partial charge on any atom is -0.0607 e. The molecule has 0 saturated heterocycles. The van der Waals surface area contributed by atoms with Gasteiger partial charge in [0.05, 0.1) is 17.2 Å². The molecule has 0 aliphatic heterocycles. The Labute approximate surface area is 172 Å². The van der Waals surface area contributed by atoms with Crippen molar-refractivity contribution in [2.45, 2.75) is 151 Å². The van der Waals surface area contributed by atoms with Crippen LogP contribution < -0.4 is 0 Å². The summed E-state index contributed by atoms with van der Waals surface area (Å²) in [5.41, 5.74) is 4.85. The average molecular weight is 410 g/mol. The van der Waals surface area contributed by atoms with Crippen molar-refractivity contribution < 1.29 is 0 Å². The fourth-order valence-corrected chi connectivity index (χ4v) is 18.6. The minimum absolute atomic E-state index is 0.112. The van der Waals surface area contributed by atoms with Crippen molar-refractivity contribution in [3.8, 4) is 0 Å². The third-order valence-electron chi connectivity index (χ3n) is 8.71. The van der Waals surface area contributed by atoms with E-state index in [0.29, 0.717) is 7.92 Å². The summed E-state index contributed by atoms with van der Waals surface area (Å²) >= 11 is 0. The maximum atomic E-state index is 1.82. The molecule has 0 nitrogen and oxygen atoms in total. The van der Waals surface area contributed by atoms with Crippen LogP contribution in [0.25, 0.3) is 0 Å². The SMILES string of the molecule is C1CCC(P(C[PH+](C2CCCCC2)C2CCCCC2)C2CCCCC2)CC1. The van der Waals surface area contributed by atoms with E-state index in [1.165, 1.54) is 22.6 Å². The molecule has 0 radical (unpaired) electrons. The molecular formula is C25H47P2+. The van der Waals surface area contributed by atoms with Crippen molar-refractivity contribution in [1.29, 1.82) is 0 Å². The van der Waals surface area contributed by atoms with Crippen molar-refractivity contribution in [3.05, 3.63) is 0 Å². The fourth-order valence-electron chi connectivity index (χ4n) is 7.13. The molecule has 27 heavy (non-hydrogen) atoms. The Morgan fingerprint density at radius 3 is 1.15 bits per heavy atom. The third kappa shape index (κ3) is 5.94. The van der Waals surface area contributed by atoms with Crippen LogP contribution in [0.15, 0.2) is 0 Å². The number of hydrogen-bond donors (Lipinski definition) is 0. The van der Waals surface area contributed by atoms with Gasteiger partial charge in [-0.05, 0) is 88.4 Å². The van der Waals surface area contributed by atoms with Crippen LogP contribution >= 0.6 is 15.8 Å². The summed E-state index contributed by atoms with van der Waals surface area (Å²) in [7, 11) is 0.247. The van der Waals surface area contributed by atoms with Gasteiger partial charge < -0.3 is 0 Å². The smallest absolute Gasteiger partial charge is 0.0607 e. The molecule has 0 bridgehead atoms. The van der Waals surface area contributed by atoms with E-state index in [2.05, 4.69) is 0 Å². The summed E-state index contributed by atoms with van der Waals surface area (Å²) in [4.78, 5) is 0. The first-order chi connectivity index (χ1) is 13.4. The first-order valence-corrected chi connectivity index (χ1v) is 16.6. The summed E-state index contributed by atoms with van der Waals surface area (Å²) in [6.45, 7) is 0. The Morgan fingerprint density at radius 1 is 0.444 bits per heavy atom. The molecule has 0 atom stereocenters. The van der Waals surface area contributed by atoms with Gasteiger partial charge in [0.25, 0.3) is 0 Å². The quantitative estimate of drug-likeness (QED) is 0.384. The van der Waals surface area contributed by atoms with Crippen LogP contribution in [0, 0.1) is 0 Å². The zero-order valence-electron chi connectivity index (χ0n) is 18.1.